The molecule has 1 aliphatic heterocycles. The van der Waals surface area contributed by atoms with Gasteiger partial charge >= 0.3 is 0 Å². The highest BCUT2D eigenvalue weighted by Crippen LogP contribution is 2.22. The molecule has 2 amide bonds. The van der Waals surface area contributed by atoms with Gasteiger partial charge in [-0.05, 0) is 36.4 Å². The number of hydrogen-bond donors (Lipinski definition) is 1. The summed E-state index contributed by atoms with van der Waals surface area (Å²) in [6.45, 7) is -0.206. The zero-order chi connectivity index (χ0) is 17.1. The summed E-state index contributed by atoms with van der Waals surface area (Å²) < 4.78 is 5.42. The molecule has 0 aromatic heterocycles. The molecule has 24 heavy (non-hydrogen) atoms. The Hall–Kier alpha value is -3.17. The normalized spacial score (nSPS) is 14.2. The molecule has 0 saturated carbocycles. The molecule has 6 heteroatoms. The fourth-order valence-electron chi connectivity index (χ4n) is 2.49. The van der Waals surface area contributed by atoms with Gasteiger partial charge in [-0.1, -0.05) is 12.1 Å². The SMILES string of the molecule is N#Cc1ccc(OC[C@H](O)CN2C(=O)c3ccccc3C2=O)cc1. The molecule has 2 aromatic rings. The van der Waals surface area contributed by atoms with Gasteiger partial charge in [0.1, 0.15) is 18.5 Å². The predicted octanol–water partition coefficient (Wildman–Crippen LogP) is 1.59. The molecule has 1 N–H and O–H groups in total. The van der Waals surface area contributed by atoms with E-state index >= 15 is 0 Å². The van der Waals surface area contributed by atoms with Crippen LogP contribution in [0.1, 0.15) is 26.3 Å². The Morgan fingerprint density at radius 3 is 2.17 bits per heavy atom. The average Bonchev–Trinajstić information content (AvgIpc) is 2.86. The van der Waals surface area contributed by atoms with Crippen LogP contribution >= 0.6 is 0 Å². The van der Waals surface area contributed by atoms with Crippen molar-refractivity contribution in [3.63, 3.8) is 0 Å². The van der Waals surface area contributed by atoms with E-state index < -0.39 is 17.9 Å². The summed E-state index contributed by atoms with van der Waals surface area (Å²) in [5.74, 6) is -0.323. The van der Waals surface area contributed by atoms with Gasteiger partial charge in [0.15, 0.2) is 0 Å². The van der Waals surface area contributed by atoms with Crippen molar-refractivity contribution in [3.05, 3.63) is 65.2 Å². The van der Waals surface area contributed by atoms with Gasteiger partial charge in [0.2, 0.25) is 0 Å². The molecule has 0 bridgehead atoms. The number of aliphatic hydroxyl groups is 1. The fourth-order valence-corrected chi connectivity index (χ4v) is 2.49. The molecule has 6 nitrogen and oxygen atoms in total. The molecule has 0 spiro atoms. The number of carbonyl (C=O) groups excluding carboxylic acids is 2. The van der Waals surface area contributed by atoms with Gasteiger partial charge in [0.05, 0.1) is 29.3 Å². The third kappa shape index (κ3) is 2.98. The number of rotatable bonds is 5. The summed E-state index contributed by atoms with van der Waals surface area (Å²) in [4.78, 5) is 25.4. The number of hydrogen-bond acceptors (Lipinski definition) is 5. The van der Waals surface area contributed by atoms with E-state index in [-0.39, 0.29) is 13.2 Å². The first-order chi connectivity index (χ1) is 11.6. The number of ether oxygens (including phenoxy) is 1. The van der Waals surface area contributed by atoms with Gasteiger partial charge in [-0.25, -0.2) is 0 Å². The van der Waals surface area contributed by atoms with E-state index in [4.69, 9.17) is 10.00 Å². The van der Waals surface area contributed by atoms with Crippen LogP contribution in [0.4, 0.5) is 0 Å². The number of benzene rings is 2. The molecule has 0 fully saturated rings. The van der Waals surface area contributed by atoms with Crippen LogP contribution in [-0.2, 0) is 0 Å². The Kier molecular flexibility index (Phi) is 4.27. The Morgan fingerprint density at radius 1 is 1.04 bits per heavy atom. The third-order valence-electron chi connectivity index (χ3n) is 3.70. The molecule has 0 unspecified atom stereocenters. The molecular formula is C18H14N2O4. The van der Waals surface area contributed by atoms with Gasteiger partial charge in [-0.3, -0.25) is 14.5 Å². The summed E-state index contributed by atoms with van der Waals surface area (Å²) >= 11 is 0. The molecule has 0 radical (unpaired) electrons. The van der Waals surface area contributed by atoms with Crippen LogP contribution in [0, 0.1) is 11.3 Å². The number of nitriles is 1. The summed E-state index contributed by atoms with van der Waals surface area (Å²) in [5.41, 5.74) is 1.21. The van der Waals surface area contributed by atoms with Crippen molar-refractivity contribution in [1.82, 2.24) is 4.90 Å². The van der Waals surface area contributed by atoms with Crippen molar-refractivity contribution in [2.75, 3.05) is 13.2 Å². The Morgan fingerprint density at radius 2 is 1.62 bits per heavy atom. The number of aliphatic hydroxyl groups excluding tert-OH is 1. The number of imide groups is 1. The molecule has 3 rings (SSSR count). The predicted molar refractivity (Wildman–Crippen MR) is 84.5 cm³/mol. The van der Waals surface area contributed by atoms with E-state index in [9.17, 15) is 14.7 Å². The minimum absolute atomic E-state index is 0.0701. The van der Waals surface area contributed by atoms with Crippen LogP contribution in [0.5, 0.6) is 5.75 Å². The highest BCUT2D eigenvalue weighted by Gasteiger charge is 2.36. The lowest BCUT2D eigenvalue weighted by Gasteiger charge is -2.18. The first-order valence-electron chi connectivity index (χ1n) is 7.36. The minimum Gasteiger partial charge on any atom is -0.491 e. The number of fused-ring (bicyclic) bond motifs is 1. The zero-order valence-corrected chi connectivity index (χ0v) is 12.7. The van der Waals surface area contributed by atoms with Crippen molar-refractivity contribution < 1.29 is 19.4 Å². The topological polar surface area (TPSA) is 90.6 Å². The Balaban J connectivity index is 1.59. The minimum atomic E-state index is -1.01. The molecule has 1 atom stereocenters. The molecule has 2 aromatic carbocycles. The third-order valence-corrected chi connectivity index (χ3v) is 3.70. The summed E-state index contributed by atoms with van der Waals surface area (Å²) in [5, 5.41) is 18.8. The molecular weight excluding hydrogens is 308 g/mol. The van der Waals surface area contributed by atoms with Crippen molar-refractivity contribution in [1.29, 1.82) is 5.26 Å². The standard InChI is InChI=1S/C18H14N2O4/c19-9-12-5-7-14(8-6-12)24-11-13(21)10-20-17(22)15-3-1-2-4-16(15)18(20)23/h1-8,13,21H,10-11H2/t13-/m1/s1. The van der Waals surface area contributed by atoms with Crippen LogP contribution < -0.4 is 4.74 Å². The lowest BCUT2D eigenvalue weighted by atomic mass is 10.1. The van der Waals surface area contributed by atoms with Gasteiger partial charge in [0.25, 0.3) is 11.8 Å². The monoisotopic (exact) mass is 322 g/mol. The van der Waals surface area contributed by atoms with Gasteiger partial charge in [-0.15, -0.1) is 0 Å². The highest BCUT2D eigenvalue weighted by atomic mass is 16.5. The largest absolute Gasteiger partial charge is 0.491 e. The summed E-state index contributed by atoms with van der Waals surface area (Å²) in [6, 6.07) is 15.0. The maximum absolute atomic E-state index is 12.2. The zero-order valence-electron chi connectivity index (χ0n) is 12.7. The van der Waals surface area contributed by atoms with E-state index in [1.807, 2.05) is 6.07 Å². The first kappa shape index (κ1) is 15.7. The second-order valence-corrected chi connectivity index (χ2v) is 5.37. The Labute approximate surface area is 138 Å². The van der Waals surface area contributed by atoms with Crippen LogP contribution in [0.3, 0.4) is 0 Å². The van der Waals surface area contributed by atoms with Crippen LogP contribution in [-0.4, -0.2) is 41.1 Å². The van der Waals surface area contributed by atoms with E-state index in [2.05, 4.69) is 0 Å². The van der Waals surface area contributed by atoms with Crippen molar-refractivity contribution in [3.8, 4) is 11.8 Å². The van der Waals surface area contributed by atoms with Crippen LogP contribution in [0.25, 0.3) is 0 Å². The maximum atomic E-state index is 12.2. The summed E-state index contributed by atoms with van der Waals surface area (Å²) in [6.07, 6.45) is -1.01. The van der Waals surface area contributed by atoms with E-state index in [1.165, 1.54) is 0 Å². The van der Waals surface area contributed by atoms with Crippen LogP contribution in [0.15, 0.2) is 48.5 Å². The summed E-state index contributed by atoms with van der Waals surface area (Å²) in [7, 11) is 0. The smallest absolute Gasteiger partial charge is 0.261 e. The molecule has 0 saturated heterocycles. The quantitative estimate of drug-likeness (QED) is 0.844. The fraction of sp³-hybridized carbons (Fsp3) is 0.167. The first-order valence-corrected chi connectivity index (χ1v) is 7.36. The lowest BCUT2D eigenvalue weighted by Crippen LogP contribution is -2.39. The van der Waals surface area contributed by atoms with Crippen molar-refractivity contribution in [2.24, 2.45) is 0 Å². The van der Waals surface area contributed by atoms with Crippen molar-refractivity contribution >= 4 is 11.8 Å². The second-order valence-electron chi connectivity index (χ2n) is 5.37. The molecule has 0 aliphatic carbocycles. The second kappa shape index (κ2) is 6.52. The van der Waals surface area contributed by atoms with Crippen LogP contribution in [0.2, 0.25) is 0 Å². The Bertz CT molecular complexity index is 789. The number of amides is 2. The highest BCUT2D eigenvalue weighted by molar-refractivity contribution is 6.21. The molecule has 120 valence electrons. The number of carbonyl (C=O) groups is 2. The van der Waals surface area contributed by atoms with Gasteiger partial charge in [-0.2, -0.15) is 5.26 Å². The molecule has 1 aliphatic rings. The van der Waals surface area contributed by atoms with Crippen molar-refractivity contribution in [2.45, 2.75) is 6.10 Å². The van der Waals surface area contributed by atoms with Gasteiger partial charge in [0, 0.05) is 0 Å². The average molecular weight is 322 g/mol. The maximum Gasteiger partial charge on any atom is 0.261 e. The number of nitrogens with zero attached hydrogens (tertiary/aromatic N) is 2. The van der Waals surface area contributed by atoms with E-state index in [0.717, 1.165) is 4.90 Å². The van der Waals surface area contributed by atoms with E-state index in [0.29, 0.717) is 22.4 Å². The molecule has 1 heterocycles. The number of β-amino-alcohol motifs (C(OH)–C–C–N with tert-alkyl or cyclic N) is 1. The van der Waals surface area contributed by atoms with Gasteiger partial charge < -0.3 is 9.84 Å². The van der Waals surface area contributed by atoms with E-state index in [1.54, 1.807) is 48.5 Å². The lowest BCUT2D eigenvalue weighted by molar-refractivity contribution is 0.0457.